The highest BCUT2D eigenvalue weighted by atomic mass is 35.5. The molecule has 6 heteroatoms. The predicted molar refractivity (Wildman–Crippen MR) is 118 cm³/mol. The van der Waals surface area contributed by atoms with Gasteiger partial charge in [-0.1, -0.05) is 42.8 Å². The molecule has 0 aliphatic carbocycles. The second-order valence-electron chi connectivity index (χ2n) is 6.38. The highest BCUT2D eigenvalue weighted by Crippen LogP contribution is 2.34. The standard InChI is InChI=1S/C22H23ClN2O2S/c1-3-16-7-11-19(12-8-16)24-22-25(13-4-14-27-2)21(26)20(28-22)15-17-5-9-18(23)10-6-17/h5-12,15H,3-4,13-14H2,1-2H3/b20-15-,24-22?. The third-order valence-corrected chi connectivity index (χ3v) is 5.61. The summed E-state index contributed by atoms with van der Waals surface area (Å²) in [6.07, 6.45) is 3.63. The number of amides is 1. The first-order valence-electron chi connectivity index (χ1n) is 9.24. The summed E-state index contributed by atoms with van der Waals surface area (Å²) in [6.45, 7) is 3.30. The van der Waals surface area contributed by atoms with Crippen LogP contribution in [0, 0.1) is 0 Å². The number of amidine groups is 1. The summed E-state index contributed by atoms with van der Waals surface area (Å²) in [5.41, 5.74) is 3.04. The number of aliphatic imine (C=N–C) groups is 1. The van der Waals surface area contributed by atoms with Gasteiger partial charge in [-0.3, -0.25) is 9.69 Å². The third-order valence-electron chi connectivity index (χ3n) is 4.36. The fraction of sp³-hybridized carbons (Fsp3) is 0.273. The average molecular weight is 415 g/mol. The van der Waals surface area contributed by atoms with Gasteiger partial charge in [-0.05, 0) is 66.1 Å². The Hall–Kier alpha value is -2.08. The topological polar surface area (TPSA) is 41.9 Å². The van der Waals surface area contributed by atoms with E-state index in [0.29, 0.717) is 28.2 Å². The summed E-state index contributed by atoms with van der Waals surface area (Å²) in [7, 11) is 1.66. The van der Waals surface area contributed by atoms with Crippen molar-refractivity contribution in [2.75, 3.05) is 20.3 Å². The van der Waals surface area contributed by atoms with E-state index >= 15 is 0 Å². The Kier molecular flexibility index (Phi) is 7.31. The van der Waals surface area contributed by atoms with Crippen LogP contribution in [0.3, 0.4) is 0 Å². The van der Waals surface area contributed by atoms with E-state index in [9.17, 15) is 4.79 Å². The van der Waals surface area contributed by atoms with Gasteiger partial charge in [-0.25, -0.2) is 4.99 Å². The molecular formula is C22H23ClN2O2S. The Balaban J connectivity index is 1.87. The van der Waals surface area contributed by atoms with Crippen molar-refractivity contribution in [3.8, 4) is 0 Å². The van der Waals surface area contributed by atoms with Crippen molar-refractivity contribution in [2.24, 2.45) is 4.99 Å². The predicted octanol–water partition coefficient (Wildman–Crippen LogP) is 5.54. The number of nitrogens with zero attached hydrogens (tertiary/aromatic N) is 2. The van der Waals surface area contributed by atoms with E-state index in [2.05, 4.69) is 19.1 Å². The van der Waals surface area contributed by atoms with Crippen LogP contribution in [0.25, 0.3) is 6.08 Å². The van der Waals surface area contributed by atoms with Crippen LogP contribution in [0.4, 0.5) is 5.69 Å². The second-order valence-corrected chi connectivity index (χ2v) is 7.83. The zero-order chi connectivity index (χ0) is 19.9. The number of methoxy groups -OCH3 is 1. The molecule has 2 aromatic carbocycles. The van der Waals surface area contributed by atoms with Crippen LogP contribution in [-0.4, -0.2) is 36.2 Å². The molecule has 0 spiro atoms. The van der Waals surface area contributed by atoms with Crippen molar-refractivity contribution in [2.45, 2.75) is 19.8 Å². The van der Waals surface area contributed by atoms with Gasteiger partial charge >= 0.3 is 0 Å². The molecule has 0 atom stereocenters. The fourth-order valence-corrected chi connectivity index (χ4v) is 3.93. The van der Waals surface area contributed by atoms with Crippen LogP contribution in [0.5, 0.6) is 0 Å². The minimum atomic E-state index is -0.0278. The lowest BCUT2D eigenvalue weighted by molar-refractivity contribution is -0.122. The Morgan fingerprint density at radius 1 is 1.14 bits per heavy atom. The molecule has 0 bridgehead atoms. The van der Waals surface area contributed by atoms with E-state index < -0.39 is 0 Å². The van der Waals surface area contributed by atoms with Crippen LogP contribution < -0.4 is 0 Å². The van der Waals surface area contributed by atoms with Crippen molar-refractivity contribution in [1.29, 1.82) is 0 Å². The number of thioether (sulfide) groups is 1. The molecule has 2 aromatic rings. The normalized spacial score (nSPS) is 17.1. The molecule has 1 heterocycles. The van der Waals surface area contributed by atoms with E-state index in [1.165, 1.54) is 17.3 Å². The maximum absolute atomic E-state index is 13.0. The molecule has 1 saturated heterocycles. The van der Waals surface area contributed by atoms with E-state index in [1.807, 2.05) is 42.5 Å². The number of ether oxygens (including phenoxy) is 1. The smallest absolute Gasteiger partial charge is 0.266 e. The largest absolute Gasteiger partial charge is 0.385 e. The molecule has 1 aliphatic heterocycles. The number of halogens is 1. The number of hydrogen-bond acceptors (Lipinski definition) is 4. The lowest BCUT2D eigenvalue weighted by Gasteiger charge is -2.15. The number of rotatable bonds is 7. The van der Waals surface area contributed by atoms with Crippen LogP contribution in [0.2, 0.25) is 5.02 Å². The Bertz CT molecular complexity index is 876. The lowest BCUT2D eigenvalue weighted by atomic mass is 10.2. The number of hydrogen-bond donors (Lipinski definition) is 0. The molecule has 0 saturated carbocycles. The fourth-order valence-electron chi connectivity index (χ4n) is 2.78. The van der Waals surface area contributed by atoms with Crippen LogP contribution in [0.15, 0.2) is 58.4 Å². The molecule has 4 nitrogen and oxygen atoms in total. The van der Waals surface area contributed by atoms with E-state index in [1.54, 1.807) is 12.0 Å². The molecule has 0 N–H and O–H groups in total. The third kappa shape index (κ3) is 5.25. The van der Waals surface area contributed by atoms with E-state index in [0.717, 1.165) is 24.1 Å². The zero-order valence-electron chi connectivity index (χ0n) is 16.0. The first kappa shape index (κ1) is 20.6. The van der Waals surface area contributed by atoms with Crippen molar-refractivity contribution >= 4 is 46.2 Å². The van der Waals surface area contributed by atoms with Crippen LogP contribution >= 0.6 is 23.4 Å². The SMILES string of the molecule is CCc1ccc(N=C2S/C(=C\c3ccc(Cl)cc3)C(=O)N2CCCOC)cc1. The van der Waals surface area contributed by atoms with Crippen LogP contribution in [0.1, 0.15) is 24.5 Å². The minimum Gasteiger partial charge on any atom is -0.385 e. The molecule has 1 amide bonds. The molecule has 28 heavy (non-hydrogen) atoms. The first-order valence-corrected chi connectivity index (χ1v) is 10.4. The van der Waals surface area contributed by atoms with Gasteiger partial charge in [0, 0.05) is 25.3 Å². The molecule has 0 unspecified atom stereocenters. The first-order chi connectivity index (χ1) is 13.6. The second kappa shape index (κ2) is 9.92. The van der Waals surface area contributed by atoms with Crippen molar-refractivity contribution in [3.63, 3.8) is 0 Å². The summed E-state index contributed by atoms with van der Waals surface area (Å²) in [6, 6.07) is 15.6. The van der Waals surface area contributed by atoms with Gasteiger partial charge in [0.1, 0.15) is 0 Å². The number of aryl methyl sites for hydroxylation is 1. The number of benzene rings is 2. The Morgan fingerprint density at radius 3 is 2.50 bits per heavy atom. The summed E-state index contributed by atoms with van der Waals surface area (Å²) >= 11 is 7.36. The summed E-state index contributed by atoms with van der Waals surface area (Å²) in [5.74, 6) is -0.0278. The molecule has 1 fully saturated rings. The Morgan fingerprint density at radius 2 is 1.86 bits per heavy atom. The zero-order valence-corrected chi connectivity index (χ0v) is 17.6. The van der Waals surface area contributed by atoms with Crippen molar-refractivity contribution in [3.05, 3.63) is 69.6 Å². The monoisotopic (exact) mass is 414 g/mol. The van der Waals surface area contributed by atoms with Gasteiger partial charge in [0.2, 0.25) is 0 Å². The van der Waals surface area contributed by atoms with Crippen LogP contribution in [-0.2, 0) is 16.0 Å². The lowest BCUT2D eigenvalue weighted by Crippen LogP contribution is -2.30. The molecule has 3 rings (SSSR count). The quantitative estimate of drug-likeness (QED) is 0.441. The molecule has 0 aromatic heterocycles. The number of carbonyl (C=O) groups excluding carboxylic acids is 1. The maximum atomic E-state index is 13.0. The highest BCUT2D eigenvalue weighted by molar-refractivity contribution is 8.18. The highest BCUT2D eigenvalue weighted by Gasteiger charge is 2.33. The average Bonchev–Trinajstić information content (AvgIpc) is 2.99. The van der Waals surface area contributed by atoms with Crippen molar-refractivity contribution in [1.82, 2.24) is 4.90 Å². The number of carbonyl (C=O) groups is 1. The van der Waals surface area contributed by atoms with Gasteiger partial charge in [-0.2, -0.15) is 0 Å². The van der Waals surface area contributed by atoms with Gasteiger partial charge in [0.05, 0.1) is 10.6 Å². The molecule has 1 aliphatic rings. The summed E-state index contributed by atoms with van der Waals surface area (Å²) in [4.78, 5) is 20.1. The van der Waals surface area contributed by atoms with Crippen molar-refractivity contribution < 1.29 is 9.53 Å². The Labute approximate surface area is 175 Å². The van der Waals surface area contributed by atoms with Gasteiger partial charge in [-0.15, -0.1) is 0 Å². The van der Waals surface area contributed by atoms with E-state index in [4.69, 9.17) is 21.3 Å². The van der Waals surface area contributed by atoms with Gasteiger partial charge in [0.15, 0.2) is 5.17 Å². The molecular weight excluding hydrogens is 392 g/mol. The molecule has 146 valence electrons. The summed E-state index contributed by atoms with van der Waals surface area (Å²) < 4.78 is 5.14. The van der Waals surface area contributed by atoms with Gasteiger partial charge in [0.25, 0.3) is 5.91 Å². The van der Waals surface area contributed by atoms with E-state index in [-0.39, 0.29) is 5.91 Å². The molecule has 0 radical (unpaired) electrons. The maximum Gasteiger partial charge on any atom is 0.266 e. The summed E-state index contributed by atoms with van der Waals surface area (Å²) in [5, 5.41) is 1.37. The minimum absolute atomic E-state index is 0.0278. The van der Waals surface area contributed by atoms with Gasteiger partial charge < -0.3 is 4.74 Å².